The molecule has 1 aromatic rings. The number of β-lactam (4-membered cyclic amide) rings is 1. The third kappa shape index (κ3) is 3.96. The van der Waals surface area contributed by atoms with Gasteiger partial charge in [-0.25, -0.2) is 9.48 Å². The summed E-state index contributed by atoms with van der Waals surface area (Å²) >= 11 is 2.46. The van der Waals surface area contributed by atoms with Crippen LogP contribution in [0.3, 0.4) is 0 Å². The second kappa shape index (κ2) is 8.18. The number of aryl methyl sites for hydroxylation is 1. The Balaban J connectivity index is 1.63. The Hall–Kier alpha value is -2.61. The molecule has 0 saturated carbocycles. The standard InChI is InChI=1S/C14H17N7O5S2/c1-6(22)15-3-7-4-27-12-9(11(24)21(12)10(7)13(25)26)16-8(23)5-28-14-17-18-19-20(14)2/h9,12H,3-5H2,1-2H3,(H,15,22)(H,16,23)(H,25,26)/t9?,12-/m1/s1. The molecule has 0 aromatic carbocycles. The van der Waals surface area contributed by atoms with Gasteiger partial charge in [0, 0.05) is 26.3 Å². The molecule has 2 atom stereocenters. The third-order valence-electron chi connectivity index (χ3n) is 4.03. The van der Waals surface area contributed by atoms with Crippen molar-refractivity contribution in [2.24, 2.45) is 7.05 Å². The minimum absolute atomic E-state index is 0.0186. The molecule has 1 fully saturated rings. The number of carbonyl (C=O) groups is 4. The average Bonchev–Trinajstić information content (AvgIpc) is 3.06. The summed E-state index contributed by atoms with van der Waals surface area (Å²) in [4.78, 5) is 48.6. The number of aliphatic carboxylic acids is 1. The molecule has 0 bridgehead atoms. The maximum absolute atomic E-state index is 12.5. The molecule has 2 aliphatic rings. The van der Waals surface area contributed by atoms with E-state index in [1.165, 1.54) is 28.3 Å². The van der Waals surface area contributed by atoms with E-state index >= 15 is 0 Å². The average molecular weight is 427 g/mol. The van der Waals surface area contributed by atoms with Crippen molar-refractivity contribution in [1.82, 2.24) is 35.7 Å². The normalized spacial score (nSPS) is 21.1. The number of hydrogen-bond acceptors (Lipinski definition) is 9. The van der Waals surface area contributed by atoms with Crippen molar-refractivity contribution in [2.75, 3.05) is 18.1 Å². The summed E-state index contributed by atoms with van der Waals surface area (Å²) in [5.41, 5.74) is 0.319. The fourth-order valence-electron chi connectivity index (χ4n) is 2.74. The molecule has 0 aliphatic carbocycles. The lowest BCUT2D eigenvalue weighted by Crippen LogP contribution is -2.70. The van der Waals surface area contributed by atoms with Crippen molar-refractivity contribution in [3.05, 3.63) is 11.3 Å². The van der Waals surface area contributed by atoms with Gasteiger partial charge in [-0.1, -0.05) is 11.8 Å². The molecule has 28 heavy (non-hydrogen) atoms. The van der Waals surface area contributed by atoms with Crippen LogP contribution in [-0.2, 0) is 26.2 Å². The number of nitrogens with zero attached hydrogens (tertiary/aromatic N) is 5. The van der Waals surface area contributed by atoms with Crippen LogP contribution in [0.25, 0.3) is 0 Å². The van der Waals surface area contributed by atoms with Gasteiger partial charge in [0.05, 0.1) is 5.75 Å². The number of thioether (sulfide) groups is 2. The topological polar surface area (TPSA) is 159 Å². The van der Waals surface area contributed by atoms with Gasteiger partial charge in [-0.3, -0.25) is 19.3 Å². The second-order valence-corrected chi connectivity index (χ2v) is 8.04. The Morgan fingerprint density at radius 3 is 2.75 bits per heavy atom. The largest absolute Gasteiger partial charge is 0.477 e. The number of nitrogens with one attached hydrogen (secondary N) is 2. The zero-order chi connectivity index (χ0) is 20.4. The zero-order valence-corrected chi connectivity index (χ0v) is 16.5. The summed E-state index contributed by atoms with van der Waals surface area (Å²) in [7, 11) is 1.64. The SMILES string of the molecule is CC(=O)NCC1=C(C(=O)O)N2C(=O)C(NC(=O)CSc3nnnn3C)[C@H]2SC1. The van der Waals surface area contributed by atoms with Crippen molar-refractivity contribution < 1.29 is 24.3 Å². The van der Waals surface area contributed by atoms with E-state index in [1.807, 2.05) is 0 Å². The van der Waals surface area contributed by atoms with E-state index in [0.29, 0.717) is 16.5 Å². The van der Waals surface area contributed by atoms with Crippen LogP contribution in [0.5, 0.6) is 0 Å². The molecule has 1 saturated heterocycles. The van der Waals surface area contributed by atoms with Crippen molar-refractivity contribution >= 4 is 47.2 Å². The first-order chi connectivity index (χ1) is 13.3. The van der Waals surface area contributed by atoms with Crippen LogP contribution >= 0.6 is 23.5 Å². The molecule has 0 radical (unpaired) electrons. The number of fused-ring (bicyclic) bond motifs is 1. The highest BCUT2D eigenvalue weighted by atomic mass is 32.2. The van der Waals surface area contributed by atoms with Crippen molar-refractivity contribution in [3.63, 3.8) is 0 Å². The van der Waals surface area contributed by atoms with Crippen LogP contribution < -0.4 is 10.6 Å². The van der Waals surface area contributed by atoms with E-state index in [4.69, 9.17) is 0 Å². The van der Waals surface area contributed by atoms with Crippen LogP contribution in [0.15, 0.2) is 16.4 Å². The number of amides is 3. The summed E-state index contributed by atoms with van der Waals surface area (Å²) in [6.45, 7) is 1.38. The Bertz CT molecular complexity index is 870. The molecule has 150 valence electrons. The Labute approximate surface area is 167 Å². The Morgan fingerprint density at radius 1 is 1.39 bits per heavy atom. The van der Waals surface area contributed by atoms with E-state index in [9.17, 15) is 24.3 Å². The molecule has 3 N–H and O–H groups in total. The van der Waals surface area contributed by atoms with E-state index < -0.39 is 23.3 Å². The molecular weight excluding hydrogens is 410 g/mol. The molecule has 0 spiro atoms. The number of carboxylic acids is 1. The molecule has 3 heterocycles. The number of hydrogen-bond donors (Lipinski definition) is 3. The molecule has 3 rings (SSSR count). The lowest BCUT2D eigenvalue weighted by atomic mass is 10.0. The molecule has 3 amide bonds. The maximum atomic E-state index is 12.5. The number of carbonyl (C=O) groups excluding carboxylic acids is 3. The predicted molar refractivity (Wildman–Crippen MR) is 97.9 cm³/mol. The van der Waals surface area contributed by atoms with E-state index in [2.05, 4.69) is 26.2 Å². The van der Waals surface area contributed by atoms with Crippen LogP contribution in [0.2, 0.25) is 0 Å². The van der Waals surface area contributed by atoms with Crippen LogP contribution in [0, 0.1) is 0 Å². The predicted octanol–water partition coefficient (Wildman–Crippen LogP) is -1.82. The third-order valence-corrected chi connectivity index (χ3v) is 6.38. The van der Waals surface area contributed by atoms with Crippen LogP contribution in [-0.4, -0.2) is 83.4 Å². The van der Waals surface area contributed by atoms with E-state index in [0.717, 1.165) is 11.8 Å². The van der Waals surface area contributed by atoms with Gasteiger partial charge in [0.1, 0.15) is 17.1 Å². The quantitative estimate of drug-likeness (QED) is 0.334. The number of tetrazole rings is 1. The minimum atomic E-state index is -1.24. The highest BCUT2D eigenvalue weighted by Crippen LogP contribution is 2.40. The maximum Gasteiger partial charge on any atom is 0.352 e. The van der Waals surface area contributed by atoms with E-state index in [-0.39, 0.29) is 29.8 Å². The van der Waals surface area contributed by atoms with Gasteiger partial charge in [0.2, 0.25) is 17.0 Å². The van der Waals surface area contributed by atoms with Crippen LogP contribution in [0.1, 0.15) is 6.92 Å². The second-order valence-electron chi connectivity index (χ2n) is 6.00. The Morgan fingerprint density at radius 2 is 2.14 bits per heavy atom. The van der Waals surface area contributed by atoms with E-state index in [1.54, 1.807) is 7.05 Å². The molecule has 14 heteroatoms. The highest BCUT2D eigenvalue weighted by molar-refractivity contribution is 8.00. The van der Waals surface area contributed by atoms with Gasteiger partial charge >= 0.3 is 5.97 Å². The summed E-state index contributed by atoms with van der Waals surface area (Å²) in [5, 5.41) is 25.5. The van der Waals surface area contributed by atoms with Gasteiger partial charge in [0.25, 0.3) is 5.91 Å². The lowest BCUT2D eigenvalue weighted by molar-refractivity contribution is -0.150. The molecule has 12 nitrogen and oxygen atoms in total. The highest BCUT2D eigenvalue weighted by Gasteiger charge is 2.54. The zero-order valence-electron chi connectivity index (χ0n) is 14.9. The van der Waals surface area contributed by atoms with Crippen LogP contribution in [0.4, 0.5) is 0 Å². The minimum Gasteiger partial charge on any atom is -0.477 e. The lowest BCUT2D eigenvalue weighted by Gasteiger charge is -2.49. The number of aromatic nitrogens is 4. The molecule has 2 aliphatic heterocycles. The fraction of sp³-hybridized carbons (Fsp3) is 0.500. The van der Waals surface area contributed by atoms with Crippen molar-refractivity contribution in [2.45, 2.75) is 23.5 Å². The van der Waals surface area contributed by atoms with Gasteiger partial charge in [0.15, 0.2) is 0 Å². The summed E-state index contributed by atoms with van der Waals surface area (Å²) in [6.07, 6.45) is 0. The summed E-state index contributed by atoms with van der Waals surface area (Å²) in [6, 6.07) is -0.799. The summed E-state index contributed by atoms with van der Waals surface area (Å²) in [5.74, 6) is -2.05. The molecule has 1 aromatic heterocycles. The van der Waals surface area contributed by atoms with Gasteiger partial charge in [-0.2, -0.15) is 0 Å². The monoisotopic (exact) mass is 427 g/mol. The number of rotatable bonds is 7. The first-order valence-electron chi connectivity index (χ1n) is 8.08. The smallest absolute Gasteiger partial charge is 0.352 e. The van der Waals surface area contributed by atoms with Gasteiger partial charge in [-0.15, -0.1) is 16.9 Å². The summed E-state index contributed by atoms with van der Waals surface area (Å²) < 4.78 is 1.42. The van der Waals surface area contributed by atoms with Gasteiger partial charge in [-0.05, 0) is 16.0 Å². The molecule has 1 unspecified atom stereocenters. The molecular formula is C14H17N7O5S2. The van der Waals surface area contributed by atoms with Crippen molar-refractivity contribution in [3.8, 4) is 0 Å². The Kier molecular flexibility index (Phi) is 5.88. The fourth-order valence-corrected chi connectivity index (χ4v) is 4.75. The first-order valence-corrected chi connectivity index (χ1v) is 10.1. The number of carboxylic acid groups (broad SMARTS) is 1. The van der Waals surface area contributed by atoms with Crippen molar-refractivity contribution in [1.29, 1.82) is 0 Å². The van der Waals surface area contributed by atoms with Gasteiger partial charge < -0.3 is 15.7 Å². The first kappa shape index (κ1) is 20.1.